The van der Waals surface area contributed by atoms with E-state index in [1.807, 2.05) is 12.3 Å². The van der Waals surface area contributed by atoms with Crippen LogP contribution < -0.4 is 4.74 Å². The van der Waals surface area contributed by atoms with Crippen molar-refractivity contribution in [2.75, 3.05) is 0 Å². The van der Waals surface area contributed by atoms with Crippen LogP contribution >= 0.6 is 34.5 Å². The van der Waals surface area contributed by atoms with E-state index in [9.17, 15) is 0 Å². The molecule has 1 aromatic carbocycles. The SMILES string of the molecule is Cc1nc(COc2ccc(Cl)c(Cl)c2)cs1. The first-order chi connectivity index (χ1) is 7.65. The summed E-state index contributed by atoms with van der Waals surface area (Å²) in [6.07, 6.45) is 0. The molecular formula is C11H9Cl2NOS. The van der Waals surface area contributed by atoms with Crippen LogP contribution in [0.2, 0.25) is 10.0 Å². The van der Waals surface area contributed by atoms with Crippen LogP contribution in [-0.2, 0) is 6.61 Å². The molecular weight excluding hydrogens is 265 g/mol. The molecule has 1 aromatic heterocycles. The first kappa shape index (κ1) is 11.7. The predicted molar refractivity (Wildman–Crippen MR) is 67.6 cm³/mol. The molecule has 0 saturated heterocycles. The maximum absolute atomic E-state index is 5.87. The van der Waals surface area contributed by atoms with Gasteiger partial charge in [0, 0.05) is 11.4 Å². The molecule has 0 amide bonds. The van der Waals surface area contributed by atoms with Gasteiger partial charge in [0.15, 0.2) is 0 Å². The third-order valence-corrected chi connectivity index (χ3v) is 3.51. The third kappa shape index (κ3) is 2.88. The van der Waals surface area contributed by atoms with Crippen LogP contribution in [0.25, 0.3) is 0 Å². The van der Waals surface area contributed by atoms with Crippen LogP contribution in [0.15, 0.2) is 23.6 Å². The minimum absolute atomic E-state index is 0.447. The number of aryl methyl sites for hydroxylation is 1. The largest absolute Gasteiger partial charge is 0.487 e. The Balaban J connectivity index is 2.02. The van der Waals surface area contributed by atoms with E-state index in [4.69, 9.17) is 27.9 Å². The van der Waals surface area contributed by atoms with Crippen molar-refractivity contribution < 1.29 is 4.74 Å². The fourth-order valence-corrected chi connectivity index (χ4v) is 2.08. The smallest absolute Gasteiger partial charge is 0.131 e. The zero-order valence-electron chi connectivity index (χ0n) is 8.54. The first-order valence-electron chi connectivity index (χ1n) is 4.64. The van der Waals surface area contributed by atoms with Crippen molar-refractivity contribution in [3.05, 3.63) is 44.3 Å². The van der Waals surface area contributed by atoms with Crippen molar-refractivity contribution in [3.8, 4) is 5.75 Å². The number of ether oxygens (including phenoxy) is 1. The molecule has 0 aliphatic heterocycles. The van der Waals surface area contributed by atoms with Gasteiger partial charge in [-0.1, -0.05) is 23.2 Å². The monoisotopic (exact) mass is 273 g/mol. The van der Waals surface area contributed by atoms with Crippen molar-refractivity contribution in [3.63, 3.8) is 0 Å². The van der Waals surface area contributed by atoms with Crippen molar-refractivity contribution in [2.24, 2.45) is 0 Å². The highest BCUT2D eigenvalue weighted by atomic mass is 35.5. The van der Waals surface area contributed by atoms with E-state index in [1.165, 1.54) is 0 Å². The van der Waals surface area contributed by atoms with E-state index in [2.05, 4.69) is 4.98 Å². The molecule has 16 heavy (non-hydrogen) atoms. The Morgan fingerprint density at radius 3 is 2.75 bits per heavy atom. The molecule has 0 atom stereocenters. The van der Waals surface area contributed by atoms with Crippen LogP contribution in [0.4, 0.5) is 0 Å². The second kappa shape index (κ2) is 5.04. The number of aromatic nitrogens is 1. The third-order valence-electron chi connectivity index (χ3n) is 1.94. The van der Waals surface area contributed by atoms with Gasteiger partial charge in [0.25, 0.3) is 0 Å². The van der Waals surface area contributed by atoms with E-state index in [0.717, 1.165) is 10.7 Å². The van der Waals surface area contributed by atoms with Gasteiger partial charge in [0.2, 0.25) is 0 Å². The number of halogens is 2. The highest BCUT2D eigenvalue weighted by Gasteiger charge is 2.02. The molecule has 84 valence electrons. The molecule has 0 radical (unpaired) electrons. The predicted octanol–water partition coefficient (Wildman–Crippen LogP) is 4.34. The van der Waals surface area contributed by atoms with E-state index >= 15 is 0 Å². The summed E-state index contributed by atoms with van der Waals surface area (Å²) in [5, 5.41) is 4.03. The molecule has 2 aromatic rings. The van der Waals surface area contributed by atoms with Gasteiger partial charge in [-0.3, -0.25) is 0 Å². The first-order valence-corrected chi connectivity index (χ1v) is 6.27. The molecule has 0 aliphatic carbocycles. The van der Waals surface area contributed by atoms with Crippen LogP contribution in [0, 0.1) is 6.92 Å². The van der Waals surface area contributed by atoms with Gasteiger partial charge in [0.05, 0.1) is 20.7 Å². The van der Waals surface area contributed by atoms with Gasteiger partial charge >= 0.3 is 0 Å². The fraction of sp³-hybridized carbons (Fsp3) is 0.182. The lowest BCUT2D eigenvalue weighted by molar-refractivity contribution is 0.302. The number of rotatable bonds is 3. The number of hydrogen-bond donors (Lipinski definition) is 0. The molecule has 5 heteroatoms. The lowest BCUT2D eigenvalue weighted by Gasteiger charge is -2.05. The number of nitrogens with zero attached hydrogens (tertiary/aromatic N) is 1. The van der Waals surface area contributed by atoms with Gasteiger partial charge < -0.3 is 4.74 Å². The normalized spacial score (nSPS) is 10.4. The zero-order valence-corrected chi connectivity index (χ0v) is 10.9. The molecule has 0 fully saturated rings. The van der Waals surface area contributed by atoms with Gasteiger partial charge in [-0.25, -0.2) is 4.98 Å². The summed E-state index contributed by atoms with van der Waals surface area (Å²) < 4.78 is 5.54. The highest BCUT2D eigenvalue weighted by molar-refractivity contribution is 7.09. The van der Waals surface area contributed by atoms with Crippen molar-refractivity contribution in [1.82, 2.24) is 4.98 Å². The molecule has 0 saturated carbocycles. The van der Waals surface area contributed by atoms with E-state index in [0.29, 0.717) is 22.4 Å². The zero-order chi connectivity index (χ0) is 11.5. The summed E-state index contributed by atoms with van der Waals surface area (Å²) in [4.78, 5) is 4.30. The quantitative estimate of drug-likeness (QED) is 0.830. The van der Waals surface area contributed by atoms with E-state index in [-0.39, 0.29) is 0 Å². The van der Waals surface area contributed by atoms with Crippen molar-refractivity contribution in [1.29, 1.82) is 0 Å². The summed E-state index contributed by atoms with van der Waals surface area (Å²) in [6, 6.07) is 5.20. The average molecular weight is 274 g/mol. The summed E-state index contributed by atoms with van der Waals surface area (Å²) in [5.41, 5.74) is 0.925. The Bertz CT molecular complexity index is 498. The number of benzene rings is 1. The summed E-state index contributed by atoms with van der Waals surface area (Å²) >= 11 is 13.3. The summed E-state index contributed by atoms with van der Waals surface area (Å²) in [7, 11) is 0. The van der Waals surface area contributed by atoms with Crippen LogP contribution in [0.3, 0.4) is 0 Å². The second-order valence-electron chi connectivity index (χ2n) is 3.22. The standard InChI is InChI=1S/C11H9Cl2NOS/c1-7-14-8(6-16-7)5-15-9-2-3-10(12)11(13)4-9/h2-4,6H,5H2,1H3. The van der Waals surface area contributed by atoms with Crippen LogP contribution in [-0.4, -0.2) is 4.98 Å². The Hall–Kier alpha value is -0.770. The highest BCUT2D eigenvalue weighted by Crippen LogP contribution is 2.26. The molecule has 0 unspecified atom stereocenters. The average Bonchev–Trinajstić information content (AvgIpc) is 2.66. The fourth-order valence-electron chi connectivity index (χ4n) is 1.20. The lowest BCUT2D eigenvalue weighted by atomic mass is 10.3. The van der Waals surface area contributed by atoms with Crippen LogP contribution in [0.1, 0.15) is 10.7 Å². The lowest BCUT2D eigenvalue weighted by Crippen LogP contribution is -1.95. The Morgan fingerprint density at radius 1 is 1.31 bits per heavy atom. The molecule has 2 nitrogen and oxygen atoms in total. The van der Waals surface area contributed by atoms with Gasteiger partial charge in [-0.15, -0.1) is 11.3 Å². The maximum atomic E-state index is 5.87. The molecule has 0 spiro atoms. The molecule has 0 N–H and O–H groups in total. The number of thiazole rings is 1. The van der Waals surface area contributed by atoms with Gasteiger partial charge in [0.1, 0.15) is 12.4 Å². The summed E-state index contributed by atoms with van der Waals surface area (Å²) in [5.74, 6) is 0.694. The van der Waals surface area contributed by atoms with Crippen LogP contribution in [0.5, 0.6) is 5.75 Å². The second-order valence-corrected chi connectivity index (χ2v) is 5.10. The van der Waals surface area contributed by atoms with Gasteiger partial charge in [-0.05, 0) is 19.1 Å². The Morgan fingerprint density at radius 2 is 2.12 bits per heavy atom. The van der Waals surface area contributed by atoms with E-state index in [1.54, 1.807) is 29.5 Å². The van der Waals surface area contributed by atoms with Crippen molar-refractivity contribution >= 4 is 34.5 Å². The molecule has 1 heterocycles. The topological polar surface area (TPSA) is 22.1 Å². The Kier molecular flexibility index (Phi) is 3.69. The minimum Gasteiger partial charge on any atom is -0.487 e. The molecule has 0 bridgehead atoms. The molecule has 2 rings (SSSR count). The summed E-state index contributed by atoms with van der Waals surface area (Å²) in [6.45, 7) is 2.41. The molecule has 0 aliphatic rings. The maximum Gasteiger partial charge on any atom is 0.131 e. The van der Waals surface area contributed by atoms with Crippen molar-refractivity contribution in [2.45, 2.75) is 13.5 Å². The number of hydrogen-bond acceptors (Lipinski definition) is 3. The van der Waals surface area contributed by atoms with Gasteiger partial charge in [-0.2, -0.15) is 0 Å². The minimum atomic E-state index is 0.447. The van der Waals surface area contributed by atoms with E-state index < -0.39 is 0 Å². The Labute approximate surface area is 108 Å².